The van der Waals surface area contributed by atoms with E-state index in [4.69, 9.17) is 15.2 Å². The molecule has 0 radical (unpaired) electrons. The van der Waals surface area contributed by atoms with Gasteiger partial charge in [-0.25, -0.2) is 10.2 Å². The van der Waals surface area contributed by atoms with Crippen molar-refractivity contribution < 1.29 is 14.3 Å². The fourth-order valence-electron chi connectivity index (χ4n) is 1.28. The van der Waals surface area contributed by atoms with Crippen LogP contribution in [-0.2, 0) is 9.47 Å². The van der Waals surface area contributed by atoms with E-state index in [1.54, 1.807) is 0 Å². The zero-order chi connectivity index (χ0) is 12.4. The summed E-state index contributed by atoms with van der Waals surface area (Å²) in [6, 6.07) is -0.695. The van der Waals surface area contributed by atoms with Gasteiger partial charge in [0.15, 0.2) is 6.29 Å². The number of hydrogen-bond acceptors (Lipinski definition) is 4. The maximum Gasteiger partial charge on any atom is 0.332 e. The first-order valence-electron chi connectivity index (χ1n) is 5.33. The molecule has 3 N–H and O–H groups in total. The lowest BCUT2D eigenvalue weighted by Gasteiger charge is -2.15. The van der Waals surface area contributed by atoms with Crippen LogP contribution in [0.25, 0.3) is 0 Å². The van der Waals surface area contributed by atoms with E-state index in [0.717, 1.165) is 19.3 Å². The second kappa shape index (κ2) is 9.11. The number of carbonyl (C=O) groups is 1. The molecule has 0 aromatic heterocycles. The van der Waals surface area contributed by atoms with Crippen molar-refractivity contribution >= 4 is 11.7 Å². The average Bonchev–Trinajstić information content (AvgIpc) is 2.26. The highest BCUT2D eigenvalue weighted by atomic mass is 16.7. The molecule has 0 rings (SSSR count). The van der Waals surface area contributed by atoms with Crippen LogP contribution in [0.4, 0.5) is 4.79 Å². The van der Waals surface area contributed by atoms with Crippen molar-refractivity contribution in [2.24, 2.45) is 10.8 Å². The van der Waals surface area contributed by atoms with Gasteiger partial charge in [0, 0.05) is 14.2 Å². The molecule has 0 unspecified atom stereocenters. The van der Waals surface area contributed by atoms with E-state index in [9.17, 15) is 4.79 Å². The summed E-state index contributed by atoms with van der Waals surface area (Å²) in [5.74, 6) is 0. The molecule has 0 aromatic carbocycles. The van der Waals surface area contributed by atoms with Gasteiger partial charge in [-0.15, -0.1) is 0 Å². The normalized spacial score (nSPS) is 11.9. The molecule has 0 bridgehead atoms. The van der Waals surface area contributed by atoms with E-state index >= 15 is 0 Å². The van der Waals surface area contributed by atoms with Gasteiger partial charge in [0.05, 0.1) is 5.71 Å². The molecule has 0 aliphatic carbocycles. The van der Waals surface area contributed by atoms with Crippen molar-refractivity contribution in [3.8, 4) is 0 Å². The molecule has 0 saturated heterocycles. The molecule has 0 atom stereocenters. The highest BCUT2D eigenvalue weighted by Crippen LogP contribution is 2.06. The second-order valence-corrected chi connectivity index (χ2v) is 3.34. The molecule has 0 saturated carbocycles. The first-order valence-corrected chi connectivity index (χ1v) is 5.33. The summed E-state index contributed by atoms with van der Waals surface area (Å²) in [6.07, 6.45) is 3.35. The number of hydrazone groups is 1. The van der Waals surface area contributed by atoms with Crippen LogP contribution >= 0.6 is 0 Å². The predicted octanol–water partition coefficient (Wildman–Crippen LogP) is 1.21. The van der Waals surface area contributed by atoms with Crippen molar-refractivity contribution in [1.29, 1.82) is 0 Å². The van der Waals surface area contributed by atoms with E-state index in [0.29, 0.717) is 12.1 Å². The lowest BCUT2D eigenvalue weighted by molar-refractivity contribution is -0.0535. The SMILES string of the molecule is CCCCC/C(=N\NC(N)=O)C(OC)OC. The van der Waals surface area contributed by atoms with Gasteiger partial charge < -0.3 is 15.2 Å². The van der Waals surface area contributed by atoms with Crippen LogP contribution in [0.3, 0.4) is 0 Å². The Morgan fingerprint density at radius 1 is 1.38 bits per heavy atom. The Balaban J connectivity index is 4.35. The Kier molecular flexibility index (Phi) is 8.46. The quantitative estimate of drug-likeness (QED) is 0.285. The minimum atomic E-state index is -0.695. The van der Waals surface area contributed by atoms with Crippen LogP contribution in [0.1, 0.15) is 32.6 Å². The number of nitrogens with zero attached hydrogens (tertiary/aromatic N) is 1. The van der Waals surface area contributed by atoms with Gasteiger partial charge in [0.1, 0.15) is 0 Å². The smallest absolute Gasteiger partial charge is 0.332 e. The van der Waals surface area contributed by atoms with Gasteiger partial charge in [-0.3, -0.25) is 0 Å². The minimum absolute atomic E-state index is 0.538. The summed E-state index contributed by atoms with van der Waals surface area (Å²) in [5, 5.41) is 3.88. The summed E-state index contributed by atoms with van der Waals surface area (Å²) < 4.78 is 10.2. The Morgan fingerprint density at radius 2 is 2.00 bits per heavy atom. The molecule has 0 aliphatic heterocycles. The lowest BCUT2D eigenvalue weighted by atomic mass is 10.1. The molecule has 0 aliphatic rings. The van der Waals surface area contributed by atoms with Crippen LogP contribution in [-0.4, -0.2) is 32.3 Å². The first-order chi connectivity index (χ1) is 7.65. The minimum Gasteiger partial charge on any atom is -0.351 e. The summed E-state index contributed by atoms with van der Waals surface area (Å²) in [6.45, 7) is 2.11. The molecule has 94 valence electrons. The van der Waals surface area contributed by atoms with Crippen molar-refractivity contribution in [2.45, 2.75) is 38.9 Å². The largest absolute Gasteiger partial charge is 0.351 e. The van der Waals surface area contributed by atoms with Crippen molar-refractivity contribution in [1.82, 2.24) is 5.43 Å². The highest BCUT2D eigenvalue weighted by molar-refractivity contribution is 5.88. The Labute approximate surface area is 96.2 Å². The van der Waals surface area contributed by atoms with Gasteiger partial charge in [0.25, 0.3) is 0 Å². The Bertz CT molecular complexity index is 227. The molecule has 0 heterocycles. The standard InChI is InChI=1S/C10H21N3O3/c1-4-5-6-7-8(9(15-2)16-3)12-13-10(11)14/h9H,4-7H2,1-3H3,(H3,11,13,14)/b12-8+. The summed E-state index contributed by atoms with van der Waals surface area (Å²) in [5.41, 5.74) is 7.76. The summed E-state index contributed by atoms with van der Waals surface area (Å²) >= 11 is 0. The zero-order valence-electron chi connectivity index (χ0n) is 10.2. The number of amides is 2. The number of primary amides is 1. The van der Waals surface area contributed by atoms with E-state index in [-0.39, 0.29) is 0 Å². The number of ether oxygens (including phenoxy) is 2. The molecule has 6 heteroatoms. The van der Waals surface area contributed by atoms with E-state index < -0.39 is 12.3 Å². The van der Waals surface area contributed by atoms with Gasteiger partial charge in [-0.1, -0.05) is 19.8 Å². The topological polar surface area (TPSA) is 85.9 Å². The first kappa shape index (κ1) is 14.9. The fourth-order valence-corrected chi connectivity index (χ4v) is 1.28. The Hall–Kier alpha value is -1.14. The maximum absolute atomic E-state index is 10.6. The van der Waals surface area contributed by atoms with Gasteiger partial charge in [-0.05, 0) is 12.8 Å². The number of rotatable bonds is 8. The second-order valence-electron chi connectivity index (χ2n) is 3.34. The molecule has 0 aromatic rings. The molecule has 0 fully saturated rings. The number of urea groups is 1. The van der Waals surface area contributed by atoms with E-state index in [1.165, 1.54) is 14.2 Å². The van der Waals surface area contributed by atoms with Gasteiger partial charge in [-0.2, -0.15) is 5.10 Å². The third-order valence-electron chi connectivity index (χ3n) is 2.05. The number of nitrogens with one attached hydrogen (secondary N) is 1. The number of nitrogens with two attached hydrogens (primary N) is 1. The number of carbonyl (C=O) groups excluding carboxylic acids is 1. The van der Waals surface area contributed by atoms with Gasteiger partial charge in [0.2, 0.25) is 0 Å². The van der Waals surface area contributed by atoms with Crippen LogP contribution in [0, 0.1) is 0 Å². The van der Waals surface area contributed by atoms with Crippen molar-refractivity contribution in [3.63, 3.8) is 0 Å². The van der Waals surface area contributed by atoms with Crippen molar-refractivity contribution in [2.75, 3.05) is 14.2 Å². The van der Waals surface area contributed by atoms with Gasteiger partial charge >= 0.3 is 6.03 Å². The van der Waals surface area contributed by atoms with Crippen LogP contribution in [0.2, 0.25) is 0 Å². The summed E-state index contributed by atoms with van der Waals surface area (Å²) in [7, 11) is 3.04. The third-order valence-corrected chi connectivity index (χ3v) is 2.05. The third kappa shape index (κ3) is 6.36. The number of methoxy groups -OCH3 is 2. The molecule has 16 heavy (non-hydrogen) atoms. The van der Waals surface area contributed by atoms with Crippen LogP contribution in [0.5, 0.6) is 0 Å². The van der Waals surface area contributed by atoms with Crippen LogP contribution < -0.4 is 11.2 Å². The molecule has 6 nitrogen and oxygen atoms in total. The molecule has 2 amide bonds. The number of hydrogen-bond donors (Lipinski definition) is 2. The average molecular weight is 231 g/mol. The Morgan fingerprint density at radius 3 is 2.44 bits per heavy atom. The molecular weight excluding hydrogens is 210 g/mol. The predicted molar refractivity (Wildman–Crippen MR) is 62.1 cm³/mol. The summed E-state index contributed by atoms with van der Waals surface area (Å²) in [4.78, 5) is 10.6. The van der Waals surface area contributed by atoms with E-state index in [2.05, 4.69) is 17.5 Å². The number of unbranched alkanes of at least 4 members (excludes halogenated alkanes) is 2. The van der Waals surface area contributed by atoms with Crippen molar-refractivity contribution in [3.05, 3.63) is 0 Å². The monoisotopic (exact) mass is 231 g/mol. The fraction of sp³-hybridized carbons (Fsp3) is 0.800. The van der Waals surface area contributed by atoms with E-state index in [1.807, 2.05) is 0 Å². The molecule has 0 spiro atoms. The van der Waals surface area contributed by atoms with Crippen LogP contribution in [0.15, 0.2) is 5.10 Å². The molecular formula is C10H21N3O3. The maximum atomic E-state index is 10.6. The highest BCUT2D eigenvalue weighted by Gasteiger charge is 2.14. The zero-order valence-corrected chi connectivity index (χ0v) is 10.2. The lowest BCUT2D eigenvalue weighted by Crippen LogP contribution is -2.31.